The molecular formula is C13H17F2NO3. The van der Waals surface area contributed by atoms with Crippen LogP contribution < -0.4 is 10.1 Å². The molecule has 6 heteroatoms. The third-order valence-electron chi connectivity index (χ3n) is 2.52. The predicted molar refractivity (Wildman–Crippen MR) is 65.8 cm³/mol. The molecule has 1 rings (SSSR count). The standard InChI is InChI=1S/C13H17F2NO3/c1-8(5-6-17)16-13(18)9(2)19-10-3-4-11(14)12(15)7-10/h3-4,7-9,17H,5-6H2,1-2H3,(H,16,18)/t8-,9?/m1/s1. The van der Waals surface area contributed by atoms with Gasteiger partial charge in [0.15, 0.2) is 17.7 Å². The van der Waals surface area contributed by atoms with Gasteiger partial charge in [-0.1, -0.05) is 0 Å². The second-order valence-electron chi connectivity index (χ2n) is 4.26. The first-order valence-corrected chi connectivity index (χ1v) is 5.97. The Kier molecular flexibility index (Phi) is 5.69. The zero-order valence-electron chi connectivity index (χ0n) is 10.8. The highest BCUT2D eigenvalue weighted by Gasteiger charge is 2.17. The van der Waals surface area contributed by atoms with Crippen molar-refractivity contribution < 1.29 is 23.4 Å². The van der Waals surface area contributed by atoms with Gasteiger partial charge in [-0.2, -0.15) is 0 Å². The molecule has 106 valence electrons. The van der Waals surface area contributed by atoms with Crippen molar-refractivity contribution in [1.82, 2.24) is 5.32 Å². The molecule has 0 aliphatic heterocycles. The van der Waals surface area contributed by atoms with Gasteiger partial charge in [0.25, 0.3) is 5.91 Å². The molecule has 0 heterocycles. The van der Waals surface area contributed by atoms with Crippen LogP contribution in [0.25, 0.3) is 0 Å². The first-order chi connectivity index (χ1) is 8.93. The quantitative estimate of drug-likeness (QED) is 0.828. The molecule has 4 nitrogen and oxygen atoms in total. The largest absolute Gasteiger partial charge is 0.481 e. The molecule has 19 heavy (non-hydrogen) atoms. The molecule has 0 aliphatic rings. The van der Waals surface area contributed by atoms with Gasteiger partial charge in [0, 0.05) is 18.7 Å². The molecule has 0 fully saturated rings. The number of ether oxygens (including phenoxy) is 1. The Balaban J connectivity index is 2.56. The maximum Gasteiger partial charge on any atom is 0.260 e. The van der Waals surface area contributed by atoms with E-state index in [0.717, 1.165) is 12.1 Å². The minimum Gasteiger partial charge on any atom is -0.481 e. The first kappa shape index (κ1) is 15.4. The zero-order chi connectivity index (χ0) is 14.4. The highest BCUT2D eigenvalue weighted by atomic mass is 19.2. The third-order valence-corrected chi connectivity index (χ3v) is 2.52. The van der Waals surface area contributed by atoms with E-state index in [1.165, 1.54) is 13.0 Å². The van der Waals surface area contributed by atoms with Crippen LogP contribution >= 0.6 is 0 Å². The summed E-state index contributed by atoms with van der Waals surface area (Å²) in [5.41, 5.74) is 0. The van der Waals surface area contributed by atoms with Crippen molar-refractivity contribution in [3.8, 4) is 5.75 Å². The lowest BCUT2D eigenvalue weighted by atomic mass is 10.2. The summed E-state index contributed by atoms with van der Waals surface area (Å²) < 4.78 is 30.9. The maximum absolute atomic E-state index is 13.0. The Morgan fingerprint density at radius 3 is 2.63 bits per heavy atom. The van der Waals surface area contributed by atoms with Gasteiger partial charge in [0.05, 0.1) is 0 Å². The Morgan fingerprint density at radius 2 is 2.05 bits per heavy atom. The van der Waals surface area contributed by atoms with Gasteiger partial charge in [0.1, 0.15) is 5.75 Å². The molecule has 1 aromatic rings. The van der Waals surface area contributed by atoms with Gasteiger partial charge in [-0.3, -0.25) is 4.79 Å². The number of benzene rings is 1. The molecule has 0 bridgehead atoms. The number of halogens is 2. The SMILES string of the molecule is CC(Oc1ccc(F)c(F)c1)C(=O)N[C@H](C)CCO. The van der Waals surface area contributed by atoms with Crippen LogP contribution in [-0.2, 0) is 4.79 Å². The summed E-state index contributed by atoms with van der Waals surface area (Å²) in [5, 5.41) is 11.4. The molecule has 0 spiro atoms. The number of carbonyl (C=O) groups excluding carboxylic acids is 1. The van der Waals surface area contributed by atoms with Crippen molar-refractivity contribution in [2.45, 2.75) is 32.4 Å². The summed E-state index contributed by atoms with van der Waals surface area (Å²) in [6.45, 7) is 3.22. The monoisotopic (exact) mass is 273 g/mol. The molecule has 1 amide bonds. The van der Waals surface area contributed by atoms with Crippen LogP contribution in [0.3, 0.4) is 0 Å². The van der Waals surface area contributed by atoms with E-state index in [1.807, 2.05) is 0 Å². The minimum absolute atomic E-state index is 0.0279. The Hall–Kier alpha value is -1.69. The highest BCUT2D eigenvalue weighted by Crippen LogP contribution is 2.16. The molecule has 1 aromatic carbocycles. The number of amides is 1. The molecule has 0 radical (unpaired) electrons. The molecule has 0 saturated carbocycles. The van der Waals surface area contributed by atoms with Gasteiger partial charge in [-0.05, 0) is 32.4 Å². The van der Waals surface area contributed by atoms with Crippen molar-refractivity contribution >= 4 is 5.91 Å². The molecule has 2 atom stereocenters. The molecule has 0 aliphatic carbocycles. The number of hydrogen-bond donors (Lipinski definition) is 2. The van der Waals surface area contributed by atoms with Crippen LogP contribution in [0.1, 0.15) is 20.3 Å². The van der Waals surface area contributed by atoms with Gasteiger partial charge in [0.2, 0.25) is 0 Å². The van der Waals surface area contributed by atoms with Gasteiger partial charge >= 0.3 is 0 Å². The second kappa shape index (κ2) is 7.04. The molecular weight excluding hydrogens is 256 g/mol. The number of carbonyl (C=O) groups is 1. The molecule has 0 aromatic heterocycles. The van der Waals surface area contributed by atoms with Crippen molar-refractivity contribution in [2.75, 3.05) is 6.61 Å². The van der Waals surface area contributed by atoms with Gasteiger partial charge in [-0.15, -0.1) is 0 Å². The fraction of sp³-hybridized carbons (Fsp3) is 0.462. The number of nitrogens with one attached hydrogen (secondary N) is 1. The zero-order valence-corrected chi connectivity index (χ0v) is 10.8. The van der Waals surface area contributed by atoms with Crippen LogP contribution in [0.15, 0.2) is 18.2 Å². The van der Waals surface area contributed by atoms with E-state index in [1.54, 1.807) is 6.92 Å². The van der Waals surface area contributed by atoms with Crippen LogP contribution in [0.5, 0.6) is 5.75 Å². The van der Waals surface area contributed by atoms with Crippen LogP contribution in [0.2, 0.25) is 0 Å². The third kappa shape index (κ3) is 4.82. The predicted octanol–water partition coefficient (Wildman–Crippen LogP) is 1.62. The Morgan fingerprint density at radius 1 is 1.37 bits per heavy atom. The Labute approximate surface area is 110 Å². The lowest BCUT2D eigenvalue weighted by Crippen LogP contribution is -2.41. The lowest BCUT2D eigenvalue weighted by Gasteiger charge is -2.18. The van der Waals surface area contributed by atoms with E-state index in [-0.39, 0.29) is 24.3 Å². The summed E-state index contributed by atoms with van der Waals surface area (Å²) in [7, 11) is 0. The topological polar surface area (TPSA) is 58.6 Å². The second-order valence-corrected chi connectivity index (χ2v) is 4.26. The number of aliphatic hydroxyl groups is 1. The highest BCUT2D eigenvalue weighted by molar-refractivity contribution is 5.80. The van der Waals surface area contributed by atoms with Gasteiger partial charge in [-0.25, -0.2) is 8.78 Å². The van der Waals surface area contributed by atoms with Crippen LogP contribution in [0, 0.1) is 11.6 Å². The summed E-state index contributed by atoms with van der Waals surface area (Å²) in [4.78, 5) is 11.7. The summed E-state index contributed by atoms with van der Waals surface area (Å²) in [6, 6.07) is 2.88. The van der Waals surface area contributed by atoms with Crippen molar-refractivity contribution in [3.63, 3.8) is 0 Å². The average Bonchev–Trinajstić information content (AvgIpc) is 2.34. The van der Waals surface area contributed by atoms with E-state index in [2.05, 4.69) is 5.32 Å². The van der Waals surface area contributed by atoms with E-state index in [9.17, 15) is 13.6 Å². The van der Waals surface area contributed by atoms with E-state index in [0.29, 0.717) is 6.42 Å². The van der Waals surface area contributed by atoms with E-state index < -0.39 is 17.7 Å². The number of rotatable bonds is 6. The van der Waals surface area contributed by atoms with Crippen LogP contribution in [0.4, 0.5) is 8.78 Å². The van der Waals surface area contributed by atoms with Crippen molar-refractivity contribution in [1.29, 1.82) is 0 Å². The fourth-order valence-electron chi connectivity index (χ4n) is 1.43. The summed E-state index contributed by atoms with van der Waals surface area (Å²) in [5.74, 6) is -2.30. The van der Waals surface area contributed by atoms with Crippen LogP contribution in [-0.4, -0.2) is 29.8 Å². The fourth-order valence-corrected chi connectivity index (χ4v) is 1.43. The summed E-state index contributed by atoms with van der Waals surface area (Å²) in [6.07, 6.45) is -0.407. The molecule has 0 saturated heterocycles. The number of hydrogen-bond acceptors (Lipinski definition) is 3. The molecule has 2 N–H and O–H groups in total. The summed E-state index contributed by atoms with van der Waals surface area (Å²) >= 11 is 0. The smallest absolute Gasteiger partial charge is 0.260 e. The van der Waals surface area contributed by atoms with E-state index >= 15 is 0 Å². The minimum atomic E-state index is -1.03. The van der Waals surface area contributed by atoms with E-state index in [4.69, 9.17) is 9.84 Å². The first-order valence-electron chi connectivity index (χ1n) is 5.97. The normalized spacial score (nSPS) is 13.7. The van der Waals surface area contributed by atoms with Gasteiger partial charge < -0.3 is 15.2 Å². The average molecular weight is 273 g/mol. The maximum atomic E-state index is 13.0. The number of aliphatic hydroxyl groups excluding tert-OH is 1. The Bertz CT molecular complexity index is 440. The lowest BCUT2D eigenvalue weighted by molar-refractivity contribution is -0.127. The van der Waals surface area contributed by atoms with Crippen molar-refractivity contribution in [2.24, 2.45) is 0 Å². The molecule has 1 unspecified atom stereocenters. The van der Waals surface area contributed by atoms with Crippen molar-refractivity contribution in [3.05, 3.63) is 29.8 Å².